The number of likely N-dealkylation sites (N-methyl/N-ethyl adjacent to an activating group) is 1. The lowest BCUT2D eigenvalue weighted by molar-refractivity contribution is 0.100. The molecule has 2 amide bonds. The Balaban J connectivity index is 1.88. The summed E-state index contributed by atoms with van der Waals surface area (Å²) in [5, 5.41) is 0.552. The Bertz CT molecular complexity index is 883. The van der Waals surface area contributed by atoms with E-state index in [1.165, 1.54) is 23.1 Å². The molecule has 0 aromatic heterocycles. The van der Waals surface area contributed by atoms with Gasteiger partial charge in [-0.05, 0) is 37.4 Å². The lowest BCUT2D eigenvalue weighted by Gasteiger charge is -2.36. The minimum Gasteiger partial charge on any atom is -0.324 e. The molecular weight excluding hydrogens is 395 g/mol. The lowest BCUT2D eigenvalue weighted by Crippen LogP contribution is -2.52. The third kappa shape index (κ3) is 5.12. The third-order valence-electron chi connectivity index (χ3n) is 5.03. The van der Waals surface area contributed by atoms with Gasteiger partial charge in [0.05, 0.1) is 13.1 Å². The molecular formula is C21H24ClFN4O2. The van der Waals surface area contributed by atoms with Crippen LogP contribution in [0.5, 0.6) is 0 Å². The molecule has 6 nitrogen and oxygen atoms in total. The van der Waals surface area contributed by atoms with E-state index in [1.54, 1.807) is 29.2 Å². The second-order valence-electron chi connectivity index (χ2n) is 7.07. The Morgan fingerprint density at radius 1 is 1.10 bits per heavy atom. The molecule has 1 heterocycles. The molecule has 0 aliphatic carbocycles. The Morgan fingerprint density at radius 3 is 2.34 bits per heavy atom. The summed E-state index contributed by atoms with van der Waals surface area (Å²) in [5.74, 6) is -0.882. The van der Waals surface area contributed by atoms with Gasteiger partial charge in [0.1, 0.15) is 5.82 Å². The van der Waals surface area contributed by atoms with Gasteiger partial charge < -0.3 is 15.5 Å². The summed E-state index contributed by atoms with van der Waals surface area (Å²) < 4.78 is 14.7. The van der Waals surface area contributed by atoms with Gasteiger partial charge in [-0.15, -0.1) is 0 Å². The molecule has 2 aromatic carbocycles. The third-order valence-corrected chi connectivity index (χ3v) is 5.28. The Kier molecular flexibility index (Phi) is 6.84. The van der Waals surface area contributed by atoms with Gasteiger partial charge in [0, 0.05) is 48.0 Å². The van der Waals surface area contributed by atoms with Crippen LogP contribution in [0, 0.1) is 5.82 Å². The first-order valence-electron chi connectivity index (χ1n) is 9.41. The molecule has 0 saturated carbocycles. The van der Waals surface area contributed by atoms with Crippen LogP contribution in [0.1, 0.15) is 15.9 Å². The van der Waals surface area contributed by atoms with E-state index in [2.05, 4.69) is 4.90 Å². The number of Topliss-reactive ketones (excluding diaryl/α,β-unsaturated/α-hetero) is 1. The summed E-state index contributed by atoms with van der Waals surface area (Å²) in [5.41, 5.74) is 6.51. The normalized spacial score (nSPS) is 14.7. The number of piperazine rings is 1. The number of carbonyl (C=O) groups excluding carboxylic acids is 2. The molecule has 154 valence electrons. The van der Waals surface area contributed by atoms with E-state index in [9.17, 15) is 14.0 Å². The van der Waals surface area contributed by atoms with Gasteiger partial charge in [0.15, 0.2) is 5.78 Å². The lowest BCUT2D eigenvalue weighted by atomic mass is 10.1. The highest BCUT2D eigenvalue weighted by Crippen LogP contribution is 2.23. The van der Waals surface area contributed by atoms with Crippen LogP contribution in [0.4, 0.5) is 14.9 Å². The molecule has 1 saturated heterocycles. The van der Waals surface area contributed by atoms with Crippen LogP contribution in [0.15, 0.2) is 42.5 Å². The highest BCUT2D eigenvalue weighted by molar-refractivity contribution is 6.30. The van der Waals surface area contributed by atoms with Crippen LogP contribution in [-0.2, 0) is 6.54 Å². The summed E-state index contributed by atoms with van der Waals surface area (Å²) in [6.45, 7) is 2.62. The van der Waals surface area contributed by atoms with Crippen molar-refractivity contribution < 1.29 is 14.0 Å². The van der Waals surface area contributed by atoms with Crippen molar-refractivity contribution in [2.24, 2.45) is 5.73 Å². The summed E-state index contributed by atoms with van der Waals surface area (Å²) in [7, 11) is 2.01. The Labute approximate surface area is 174 Å². The maximum atomic E-state index is 14.7. The molecule has 2 aromatic rings. The molecule has 0 atom stereocenters. The zero-order valence-electron chi connectivity index (χ0n) is 16.3. The summed E-state index contributed by atoms with van der Waals surface area (Å²) in [6, 6.07) is 10.9. The van der Waals surface area contributed by atoms with E-state index in [0.29, 0.717) is 29.4 Å². The predicted octanol–water partition coefficient (Wildman–Crippen LogP) is 2.99. The molecule has 1 aliphatic heterocycles. The number of carbonyl (C=O) groups is 2. The predicted molar refractivity (Wildman–Crippen MR) is 112 cm³/mol. The van der Waals surface area contributed by atoms with Crippen molar-refractivity contribution in [2.75, 3.05) is 44.7 Å². The highest BCUT2D eigenvalue weighted by Gasteiger charge is 2.26. The standard InChI is InChI=1S/C21H24ClFN4O2/c1-25-8-10-26(11-9-25)21(29)27(18-6-4-17(22)5-7-18)14-16-3-2-15(12-19(16)23)20(28)13-24/h2-7,12H,8-11,13-14,24H2,1H3. The number of halogens is 2. The second kappa shape index (κ2) is 9.35. The first-order valence-corrected chi connectivity index (χ1v) is 9.79. The van der Waals surface area contributed by atoms with Gasteiger partial charge in [-0.1, -0.05) is 23.7 Å². The number of benzene rings is 2. The van der Waals surface area contributed by atoms with Crippen molar-refractivity contribution in [1.82, 2.24) is 9.80 Å². The summed E-state index contributed by atoms with van der Waals surface area (Å²) in [4.78, 5) is 30.4. The second-order valence-corrected chi connectivity index (χ2v) is 7.51. The number of nitrogens with zero attached hydrogens (tertiary/aromatic N) is 3. The Hall–Kier alpha value is -2.48. The van der Waals surface area contributed by atoms with Crippen molar-refractivity contribution in [3.05, 3.63) is 64.4 Å². The number of nitrogens with two attached hydrogens (primary N) is 1. The van der Waals surface area contributed by atoms with Gasteiger partial charge >= 0.3 is 6.03 Å². The maximum Gasteiger partial charge on any atom is 0.324 e. The molecule has 1 fully saturated rings. The van der Waals surface area contributed by atoms with Gasteiger partial charge in [-0.2, -0.15) is 0 Å². The van der Waals surface area contributed by atoms with Crippen molar-refractivity contribution in [3.63, 3.8) is 0 Å². The van der Waals surface area contributed by atoms with Crippen LogP contribution in [0.2, 0.25) is 5.02 Å². The molecule has 0 bridgehead atoms. The molecule has 2 N–H and O–H groups in total. The first-order chi connectivity index (χ1) is 13.9. The average molecular weight is 419 g/mol. The van der Waals surface area contributed by atoms with E-state index in [1.807, 2.05) is 7.05 Å². The van der Waals surface area contributed by atoms with Gasteiger partial charge in [0.2, 0.25) is 0 Å². The molecule has 0 spiro atoms. The topological polar surface area (TPSA) is 69.9 Å². The van der Waals surface area contributed by atoms with E-state index >= 15 is 0 Å². The summed E-state index contributed by atoms with van der Waals surface area (Å²) >= 11 is 5.99. The van der Waals surface area contributed by atoms with E-state index in [4.69, 9.17) is 17.3 Å². The van der Waals surface area contributed by atoms with E-state index in [0.717, 1.165) is 13.1 Å². The van der Waals surface area contributed by atoms with E-state index in [-0.39, 0.29) is 30.5 Å². The molecule has 8 heteroatoms. The largest absolute Gasteiger partial charge is 0.324 e. The van der Waals surface area contributed by atoms with E-state index < -0.39 is 5.82 Å². The molecule has 29 heavy (non-hydrogen) atoms. The number of anilines is 1. The highest BCUT2D eigenvalue weighted by atomic mass is 35.5. The minimum atomic E-state index is -0.547. The van der Waals surface area contributed by atoms with Crippen molar-refractivity contribution in [2.45, 2.75) is 6.54 Å². The van der Waals surface area contributed by atoms with Crippen molar-refractivity contribution in [1.29, 1.82) is 0 Å². The Morgan fingerprint density at radius 2 is 1.76 bits per heavy atom. The monoisotopic (exact) mass is 418 g/mol. The SMILES string of the molecule is CN1CCN(C(=O)N(Cc2ccc(C(=O)CN)cc2F)c2ccc(Cl)cc2)CC1. The van der Waals surface area contributed by atoms with Gasteiger partial charge in [-0.3, -0.25) is 9.69 Å². The van der Waals surface area contributed by atoms with Crippen LogP contribution < -0.4 is 10.6 Å². The quantitative estimate of drug-likeness (QED) is 0.758. The van der Waals surface area contributed by atoms with Gasteiger partial charge in [-0.25, -0.2) is 9.18 Å². The smallest absolute Gasteiger partial charge is 0.324 e. The first kappa shape index (κ1) is 21.2. The fourth-order valence-electron chi connectivity index (χ4n) is 3.20. The van der Waals surface area contributed by atoms with Crippen LogP contribution >= 0.6 is 11.6 Å². The van der Waals surface area contributed by atoms with Gasteiger partial charge in [0.25, 0.3) is 0 Å². The fourth-order valence-corrected chi connectivity index (χ4v) is 3.32. The van der Waals surface area contributed by atoms with Crippen molar-refractivity contribution >= 4 is 29.1 Å². The number of hydrogen-bond acceptors (Lipinski definition) is 4. The number of rotatable bonds is 5. The number of hydrogen-bond donors (Lipinski definition) is 1. The number of amides is 2. The van der Waals surface area contributed by atoms with Crippen LogP contribution in [-0.4, -0.2) is 61.4 Å². The van der Waals surface area contributed by atoms with Crippen molar-refractivity contribution in [3.8, 4) is 0 Å². The van der Waals surface area contributed by atoms with Crippen LogP contribution in [0.3, 0.4) is 0 Å². The average Bonchev–Trinajstić information content (AvgIpc) is 2.73. The maximum absolute atomic E-state index is 14.7. The number of ketones is 1. The zero-order chi connectivity index (χ0) is 21.0. The van der Waals surface area contributed by atoms with Crippen LogP contribution in [0.25, 0.3) is 0 Å². The minimum absolute atomic E-state index is 0.0374. The molecule has 0 unspecified atom stereocenters. The molecule has 0 radical (unpaired) electrons. The zero-order valence-corrected chi connectivity index (χ0v) is 17.0. The molecule has 3 rings (SSSR count). The summed E-state index contributed by atoms with van der Waals surface area (Å²) in [6.07, 6.45) is 0. The number of urea groups is 1. The fraction of sp³-hybridized carbons (Fsp3) is 0.333. The molecule has 1 aliphatic rings.